The number of aromatic nitrogens is 1. The molecule has 1 atom stereocenters. The van der Waals surface area contributed by atoms with Crippen molar-refractivity contribution < 1.29 is 0 Å². The summed E-state index contributed by atoms with van der Waals surface area (Å²) >= 11 is 1.64. The average molecular weight is 194 g/mol. The lowest BCUT2D eigenvalue weighted by Crippen LogP contribution is -2.10. The van der Waals surface area contributed by atoms with Gasteiger partial charge in [0, 0.05) is 17.8 Å². The van der Waals surface area contributed by atoms with E-state index in [4.69, 9.17) is 5.73 Å². The van der Waals surface area contributed by atoms with Crippen LogP contribution in [0.5, 0.6) is 0 Å². The van der Waals surface area contributed by atoms with Gasteiger partial charge in [-0.05, 0) is 20.3 Å². The molecule has 0 aliphatic carbocycles. The van der Waals surface area contributed by atoms with Gasteiger partial charge >= 0.3 is 0 Å². The normalized spacial score (nSPS) is 11.9. The Morgan fingerprint density at radius 3 is 3.00 bits per heavy atom. The molecule has 2 nitrogen and oxygen atoms in total. The highest BCUT2D eigenvalue weighted by atomic mass is 32.1. The lowest BCUT2D eigenvalue weighted by molar-refractivity contribution is 0.650. The van der Waals surface area contributed by atoms with Crippen LogP contribution in [0.25, 0.3) is 0 Å². The van der Waals surface area contributed by atoms with Crippen LogP contribution in [-0.2, 0) is 0 Å². The van der Waals surface area contributed by atoms with Gasteiger partial charge < -0.3 is 5.73 Å². The van der Waals surface area contributed by atoms with Gasteiger partial charge in [-0.25, -0.2) is 4.98 Å². The molecule has 1 rings (SSSR count). The van der Waals surface area contributed by atoms with Crippen molar-refractivity contribution in [1.29, 1.82) is 0 Å². The molecule has 0 bridgehead atoms. The lowest BCUT2D eigenvalue weighted by Gasteiger charge is -2.04. The van der Waals surface area contributed by atoms with Crippen LogP contribution in [0.4, 0.5) is 0 Å². The molecule has 2 N–H and O–H groups in total. The summed E-state index contributed by atoms with van der Waals surface area (Å²) in [6.45, 7) is 3.84. The molecule has 0 fully saturated rings. The molecule has 1 unspecified atom stereocenters. The Morgan fingerprint density at radius 2 is 2.46 bits per heavy atom. The summed E-state index contributed by atoms with van der Waals surface area (Å²) < 4.78 is 0. The van der Waals surface area contributed by atoms with Gasteiger partial charge in [-0.1, -0.05) is 0 Å². The van der Waals surface area contributed by atoms with E-state index in [1.54, 1.807) is 11.3 Å². The Labute approximate surface area is 83.2 Å². The summed E-state index contributed by atoms with van der Waals surface area (Å²) in [6.07, 6.45) is 1.75. The van der Waals surface area contributed by atoms with E-state index in [1.165, 1.54) is 0 Å². The highest BCUT2D eigenvalue weighted by Crippen LogP contribution is 2.17. The third kappa shape index (κ3) is 3.17. The van der Waals surface area contributed by atoms with Crippen molar-refractivity contribution in [3.63, 3.8) is 0 Å². The zero-order chi connectivity index (χ0) is 9.68. The molecule has 0 spiro atoms. The molecule has 0 saturated carbocycles. The minimum Gasteiger partial charge on any atom is -0.323 e. The summed E-state index contributed by atoms with van der Waals surface area (Å²) in [5, 5.41) is 3.10. The van der Waals surface area contributed by atoms with Crippen molar-refractivity contribution in [2.45, 2.75) is 32.7 Å². The van der Waals surface area contributed by atoms with Gasteiger partial charge in [0.1, 0.15) is 0 Å². The first-order chi connectivity index (χ1) is 6.24. The summed E-state index contributed by atoms with van der Waals surface area (Å²) in [5.41, 5.74) is 6.93. The zero-order valence-electron chi connectivity index (χ0n) is 8.00. The third-order valence-electron chi connectivity index (χ3n) is 1.77. The summed E-state index contributed by atoms with van der Waals surface area (Å²) in [7, 11) is 0. The molecule has 3 heteroatoms. The third-order valence-corrected chi connectivity index (χ3v) is 2.57. The van der Waals surface area contributed by atoms with Gasteiger partial charge in [0.25, 0.3) is 0 Å². The van der Waals surface area contributed by atoms with Crippen LogP contribution in [0.2, 0.25) is 0 Å². The highest BCUT2D eigenvalue weighted by molar-refractivity contribution is 7.09. The predicted octanol–water partition coefficient (Wildman–Crippen LogP) is 2.25. The predicted molar refractivity (Wildman–Crippen MR) is 56.5 cm³/mol. The van der Waals surface area contributed by atoms with E-state index < -0.39 is 0 Å². The molecule has 0 aliphatic heterocycles. The van der Waals surface area contributed by atoms with Gasteiger partial charge in [0.15, 0.2) is 0 Å². The summed E-state index contributed by atoms with van der Waals surface area (Å²) in [5.74, 6) is 5.86. The number of nitrogens with zero attached hydrogens (tertiary/aromatic N) is 1. The number of aryl methyl sites for hydroxylation is 1. The Morgan fingerprint density at radius 1 is 1.69 bits per heavy atom. The second-order valence-corrected chi connectivity index (χ2v) is 3.93. The number of hydrogen-bond acceptors (Lipinski definition) is 3. The highest BCUT2D eigenvalue weighted by Gasteiger charge is 2.07. The second-order valence-electron chi connectivity index (χ2n) is 2.86. The smallest absolute Gasteiger partial charge is 0.0898 e. The van der Waals surface area contributed by atoms with Crippen LogP contribution < -0.4 is 5.73 Å². The van der Waals surface area contributed by atoms with Crippen molar-refractivity contribution in [3.8, 4) is 11.8 Å². The molecular formula is C10H14N2S. The van der Waals surface area contributed by atoms with E-state index in [1.807, 2.05) is 19.2 Å². The maximum atomic E-state index is 5.93. The Balaban J connectivity index is 2.47. The number of nitrogens with two attached hydrogens (primary N) is 1. The van der Waals surface area contributed by atoms with Crippen LogP contribution in [-0.4, -0.2) is 4.98 Å². The topological polar surface area (TPSA) is 38.9 Å². The van der Waals surface area contributed by atoms with Crippen molar-refractivity contribution in [2.24, 2.45) is 5.73 Å². The van der Waals surface area contributed by atoms with Gasteiger partial charge in [0.05, 0.1) is 10.7 Å². The van der Waals surface area contributed by atoms with Crippen molar-refractivity contribution in [3.05, 3.63) is 16.1 Å². The van der Waals surface area contributed by atoms with Crippen LogP contribution in [0.3, 0.4) is 0 Å². The first-order valence-electron chi connectivity index (χ1n) is 4.31. The quantitative estimate of drug-likeness (QED) is 0.750. The average Bonchev–Trinajstić information content (AvgIpc) is 2.52. The van der Waals surface area contributed by atoms with Gasteiger partial charge in [-0.3, -0.25) is 0 Å². The Hall–Kier alpha value is -0.850. The molecule has 13 heavy (non-hydrogen) atoms. The molecule has 0 aliphatic rings. The van der Waals surface area contributed by atoms with E-state index in [-0.39, 0.29) is 6.04 Å². The van der Waals surface area contributed by atoms with Crippen molar-refractivity contribution in [1.82, 2.24) is 4.98 Å². The second kappa shape index (κ2) is 5.00. The number of rotatable bonds is 3. The standard InChI is InChI=1S/C10H14N2S/c1-3-4-5-6-9(11)10-7-13-8(2)12-10/h7,9H,5-6,11H2,1-2H3. The summed E-state index contributed by atoms with van der Waals surface area (Å²) in [6, 6.07) is 0.0470. The molecule has 1 aromatic heterocycles. The van der Waals surface area contributed by atoms with E-state index >= 15 is 0 Å². The van der Waals surface area contributed by atoms with E-state index in [2.05, 4.69) is 16.8 Å². The Kier molecular flexibility index (Phi) is 3.94. The fourth-order valence-corrected chi connectivity index (χ4v) is 1.73. The monoisotopic (exact) mass is 194 g/mol. The van der Waals surface area contributed by atoms with Crippen LogP contribution >= 0.6 is 11.3 Å². The molecule has 1 aromatic rings. The van der Waals surface area contributed by atoms with Gasteiger partial charge in [-0.2, -0.15) is 0 Å². The minimum atomic E-state index is 0.0470. The number of hydrogen-bond donors (Lipinski definition) is 1. The van der Waals surface area contributed by atoms with Crippen LogP contribution in [0, 0.1) is 18.8 Å². The molecule has 0 saturated heterocycles. The molecule has 1 heterocycles. The van der Waals surface area contributed by atoms with E-state index in [0.29, 0.717) is 0 Å². The fraction of sp³-hybridized carbons (Fsp3) is 0.500. The first kappa shape index (κ1) is 10.2. The van der Waals surface area contributed by atoms with Gasteiger partial charge in [-0.15, -0.1) is 23.2 Å². The van der Waals surface area contributed by atoms with Crippen molar-refractivity contribution >= 4 is 11.3 Å². The maximum absolute atomic E-state index is 5.93. The minimum absolute atomic E-state index is 0.0470. The lowest BCUT2D eigenvalue weighted by atomic mass is 10.1. The van der Waals surface area contributed by atoms with Gasteiger partial charge in [0.2, 0.25) is 0 Å². The molecule has 70 valence electrons. The Bertz CT molecular complexity index is 319. The number of thiazole rings is 1. The maximum Gasteiger partial charge on any atom is 0.0898 e. The fourth-order valence-electron chi connectivity index (χ4n) is 1.05. The first-order valence-corrected chi connectivity index (χ1v) is 5.19. The molecular weight excluding hydrogens is 180 g/mol. The molecule has 0 aromatic carbocycles. The largest absolute Gasteiger partial charge is 0.323 e. The van der Waals surface area contributed by atoms with Crippen molar-refractivity contribution in [2.75, 3.05) is 0 Å². The van der Waals surface area contributed by atoms with Crippen LogP contribution in [0.1, 0.15) is 36.5 Å². The molecule has 0 radical (unpaired) electrons. The molecule has 0 amide bonds. The van der Waals surface area contributed by atoms with Crippen LogP contribution in [0.15, 0.2) is 5.38 Å². The zero-order valence-corrected chi connectivity index (χ0v) is 8.82. The summed E-state index contributed by atoms with van der Waals surface area (Å²) in [4.78, 5) is 4.33. The van der Waals surface area contributed by atoms with E-state index in [9.17, 15) is 0 Å². The SMILES string of the molecule is CC#CCCC(N)c1csc(C)n1. The van der Waals surface area contributed by atoms with E-state index in [0.717, 1.165) is 23.5 Å².